The summed E-state index contributed by atoms with van der Waals surface area (Å²) in [6.07, 6.45) is 0. The molecule has 2 aromatic heterocycles. The number of hydrogen-bond donors (Lipinski definition) is 6. The predicted molar refractivity (Wildman–Crippen MR) is 215 cm³/mol. The summed E-state index contributed by atoms with van der Waals surface area (Å²) in [6.45, 7) is 1.52. The molecule has 0 radical (unpaired) electrons. The van der Waals surface area contributed by atoms with Crippen molar-refractivity contribution >= 4 is 109 Å². The summed E-state index contributed by atoms with van der Waals surface area (Å²) < 4.78 is 104. The maximum atomic E-state index is 12.1. The molecule has 6 N–H and O–H groups in total. The molecule has 306 valence electrons. The van der Waals surface area contributed by atoms with Crippen molar-refractivity contribution < 1.29 is 53.5 Å². The molecule has 0 amide bonds. The molecule has 0 aliphatic heterocycles. The maximum absolute atomic E-state index is 12.1. The second-order valence-electron chi connectivity index (χ2n) is 11.8. The molecule has 0 saturated carbocycles. The van der Waals surface area contributed by atoms with Crippen LogP contribution in [0.1, 0.15) is 16.7 Å². The van der Waals surface area contributed by atoms with E-state index in [0.29, 0.717) is 17.4 Å². The van der Waals surface area contributed by atoms with Crippen molar-refractivity contribution in [3.05, 3.63) is 102 Å². The minimum absolute atomic E-state index is 0.00247. The number of nitrogens with zero attached hydrogens (tertiary/aromatic N) is 7. The van der Waals surface area contributed by atoms with Gasteiger partial charge in [-0.25, -0.2) is 10.2 Å². The molecule has 0 atom stereocenters. The van der Waals surface area contributed by atoms with Crippen molar-refractivity contribution in [3.63, 3.8) is 0 Å². The van der Waals surface area contributed by atoms with Gasteiger partial charge in [0.1, 0.15) is 27.7 Å². The molecule has 0 spiro atoms. The minimum Gasteiger partial charge on any atom is -0.339 e. The number of rotatable bonds is 14. The fraction of sp³-hybridized carbons (Fsp3) is 0.0294. The van der Waals surface area contributed by atoms with Crippen LogP contribution in [0.5, 0.6) is 0 Å². The molecule has 21 nitrogen and oxygen atoms in total. The second-order valence-corrected chi connectivity index (χ2v) is 17.8. The summed E-state index contributed by atoms with van der Waals surface area (Å²) >= 11 is 1.38. The number of benzene rings is 4. The van der Waals surface area contributed by atoms with Gasteiger partial charge in [0.05, 0.1) is 38.6 Å². The Morgan fingerprint density at radius 1 is 0.733 bits per heavy atom. The molecule has 2 heterocycles. The third kappa shape index (κ3) is 9.94. The summed E-state index contributed by atoms with van der Waals surface area (Å²) in [5.74, 6) is -0.0664. The third-order valence-electron chi connectivity index (χ3n) is 8.02. The number of azo groups is 2. The van der Waals surface area contributed by atoms with E-state index in [1.165, 1.54) is 67.6 Å². The van der Waals surface area contributed by atoms with E-state index in [9.17, 15) is 49.4 Å². The van der Waals surface area contributed by atoms with Crippen LogP contribution in [0.25, 0.3) is 10.8 Å². The molecule has 6 aromatic rings. The number of thiophene rings is 1. The molecule has 0 saturated heterocycles. The van der Waals surface area contributed by atoms with Crippen LogP contribution in [0.15, 0.2) is 125 Å². The highest BCUT2D eigenvalue weighted by atomic mass is 32.2. The van der Waals surface area contributed by atoms with E-state index in [4.69, 9.17) is 5.26 Å². The van der Waals surface area contributed by atoms with Crippen LogP contribution < -0.4 is 10.6 Å². The van der Waals surface area contributed by atoms with E-state index in [-0.39, 0.29) is 76.3 Å². The molecule has 0 aliphatic carbocycles. The zero-order valence-electron chi connectivity index (χ0n) is 29.8. The minimum atomic E-state index is -4.69. The van der Waals surface area contributed by atoms with Crippen molar-refractivity contribution in [1.82, 2.24) is 4.98 Å². The van der Waals surface area contributed by atoms with E-state index in [2.05, 4.69) is 45.4 Å². The molecule has 0 bridgehead atoms. The molecule has 26 heteroatoms. The molecule has 60 heavy (non-hydrogen) atoms. The highest BCUT2D eigenvalue weighted by Crippen LogP contribution is 2.42. The van der Waals surface area contributed by atoms with Gasteiger partial charge in [0.15, 0.2) is 16.6 Å². The van der Waals surface area contributed by atoms with E-state index in [0.717, 1.165) is 35.6 Å². The summed E-state index contributed by atoms with van der Waals surface area (Å²) in [5, 5.41) is 55.7. The predicted octanol–water partition coefficient (Wildman–Crippen LogP) is 8.83. The maximum Gasteiger partial charge on any atom is 0.295 e. The first-order valence-electron chi connectivity index (χ1n) is 16.1. The monoisotopic (exact) mass is 909 g/mol. The molecular weight excluding hydrogens is 887 g/mol. The van der Waals surface area contributed by atoms with Crippen molar-refractivity contribution in [2.75, 3.05) is 10.6 Å². The molecule has 6 rings (SSSR count). The lowest BCUT2D eigenvalue weighted by Gasteiger charge is -2.16. The van der Waals surface area contributed by atoms with Gasteiger partial charge in [-0.2, -0.15) is 35.8 Å². The SMILES string of the molecule is Cc1c(C#N)c(Nc2ccc(S(=O)(=O)O)cc2)nc(Nc2ccc(S(=O)(=O)O)cc2)c1/N=N/c1sc(/N=N/c2cc(SOOO)c3cccc(S(=O)(=O)O)c3c2)cc1C#N. The Hall–Kier alpha value is -6.27. The quantitative estimate of drug-likeness (QED) is 0.0195. The Labute approximate surface area is 347 Å². The van der Waals surface area contributed by atoms with Gasteiger partial charge >= 0.3 is 0 Å². The van der Waals surface area contributed by atoms with Gasteiger partial charge in [0, 0.05) is 27.2 Å². The van der Waals surface area contributed by atoms with Crippen molar-refractivity contribution in [1.29, 1.82) is 10.5 Å². The van der Waals surface area contributed by atoms with Crippen LogP contribution in [0.4, 0.5) is 44.4 Å². The number of pyridine rings is 1. The number of nitriles is 2. The lowest BCUT2D eigenvalue weighted by molar-refractivity contribution is -0.432. The first kappa shape index (κ1) is 43.3. The Morgan fingerprint density at radius 2 is 1.35 bits per heavy atom. The normalized spacial score (nSPS) is 12.2. The number of hydrogen-bond acceptors (Lipinski definition) is 20. The van der Waals surface area contributed by atoms with Gasteiger partial charge < -0.3 is 10.6 Å². The van der Waals surface area contributed by atoms with Crippen LogP contribution >= 0.6 is 23.4 Å². The second kappa shape index (κ2) is 17.5. The highest BCUT2D eigenvalue weighted by molar-refractivity contribution is 7.94. The molecule has 0 fully saturated rings. The average molecular weight is 910 g/mol. The van der Waals surface area contributed by atoms with Crippen LogP contribution in [0.2, 0.25) is 0 Å². The molecule has 4 aromatic carbocycles. The highest BCUT2D eigenvalue weighted by Gasteiger charge is 2.21. The van der Waals surface area contributed by atoms with Crippen molar-refractivity contribution in [2.24, 2.45) is 20.5 Å². The van der Waals surface area contributed by atoms with Crippen LogP contribution in [-0.4, -0.2) is 49.2 Å². The van der Waals surface area contributed by atoms with Gasteiger partial charge in [-0.15, -0.1) is 24.8 Å². The molecular formula is C34H23N9O12S5. The smallest absolute Gasteiger partial charge is 0.295 e. The van der Waals surface area contributed by atoms with E-state index in [1.54, 1.807) is 0 Å². The zero-order valence-corrected chi connectivity index (χ0v) is 33.9. The first-order chi connectivity index (χ1) is 28.4. The van der Waals surface area contributed by atoms with Crippen molar-refractivity contribution in [2.45, 2.75) is 26.5 Å². The Morgan fingerprint density at radius 3 is 1.90 bits per heavy atom. The standard InChI is InChI=1S/C34H23N9O12S5/c1-18-27(17-36)32(37-20-5-9-23(10-6-20)58(45,46)47)39-33(38-21-7-11-24(12-8-21)59(48,49)50)31(18)42-43-34-19(16-35)13-30(56-34)41-40-22-14-26-25(28(15-22)57-55-54-44)3-2-4-29(26)60(51,52)53/h2-15,44H,1H3,(H2,37,38,39)(H,45,46,47)(H,48,49,50)(H,51,52,53)/b41-40+,43-42+. The third-order valence-corrected chi connectivity index (χ3v) is 12.2. The van der Waals surface area contributed by atoms with Gasteiger partial charge in [-0.05, 0) is 85.1 Å². The lowest BCUT2D eigenvalue weighted by atomic mass is 10.1. The number of aromatic nitrogens is 1. The van der Waals surface area contributed by atoms with E-state index >= 15 is 0 Å². The molecule has 0 unspecified atom stereocenters. The topological polar surface area (TPSA) is 336 Å². The van der Waals surface area contributed by atoms with Crippen LogP contribution in [0.3, 0.4) is 0 Å². The number of fused-ring (bicyclic) bond motifs is 1. The Bertz CT molecular complexity index is 3150. The lowest BCUT2D eigenvalue weighted by Crippen LogP contribution is -2.05. The fourth-order valence-corrected chi connectivity index (χ4v) is 8.26. The van der Waals surface area contributed by atoms with E-state index in [1.807, 2.05) is 12.1 Å². The van der Waals surface area contributed by atoms with Crippen LogP contribution in [-0.2, 0) is 39.7 Å². The average Bonchev–Trinajstić information content (AvgIpc) is 3.60. The van der Waals surface area contributed by atoms with Gasteiger partial charge in [0.25, 0.3) is 30.4 Å². The van der Waals surface area contributed by atoms with Gasteiger partial charge in [0.2, 0.25) is 0 Å². The number of anilines is 4. The Kier molecular flexibility index (Phi) is 12.7. The van der Waals surface area contributed by atoms with Crippen molar-refractivity contribution in [3.8, 4) is 12.1 Å². The van der Waals surface area contributed by atoms with Crippen LogP contribution in [0, 0.1) is 29.6 Å². The largest absolute Gasteiger partial charge is 0.339 e. The van der Waals surface area contributed by atoms with E-state index < -0.39 is 40.1 Å². The van der Waals surface area contributed by atoms with Gasteiger partial charge in [-0.3, -0.25) is 13.7 Å². The van der Waals surface area contributed by atoms with Gasteiger partial charge in [-0.1, -0.05) is 28.5 Å². The Balaban J connectivity index is 1.39. The summed E-state index contributed by atoms with van der Waals surface area (Å²) in [4.78, 5) is 3.52. The molecule has 0 aliphatic rings. The zero-order chi connectivity index (χ0) is 43.4. The summed E-state index contributed by atoms with van der Waals surface area (Å²) in [7, 11) is -13.7. The summed E-state index contributed by atoms with van der Waals surface area (Å²) in [5.41, 5.74) is 0.762. The number of nitrogens with one attached hydrogen (secondary N) is 2. The fourth-order valence-electron chi connectivity index (χ4n) is 5.31. The first-order valence-corrected chi connectivity index (χ1v) is 22.0. The summed E-state index contributed by atoms with van der Waals surface area (Å²) in [6, 6.07) is 21.9.